The molecule has 1 aromatic carbocycles. The third-order valence-corrected chi connectivity index (χ3v) is 4.02. The summed E-state index contributed by atoms with van der Waals surface area (Å²) < 4.78 is 5.68. The summed E-state index contributed by atoms with van der Waals surface area (Å²) in [5.74, 6) is 0.905. The van der Waals surface area contributed by atoms with Gasteiger partial charge in [0.2, 0.25) is 5.91 Å². The lowest BCUT2D eigenvalue weighted by molar-refractivity contribution is -0.121. The molecule has 1 saturated carbocycles. The largest absolute Gasteiger partial charge is 0.493 e. The van der Waals surface area contributed by atoms with Gasteiger partial charge in [-0.15, -0.1) is 0 Å². The van der Waals surface area contributed by atoms with Crippen molar-refractivity contribution in [3.05, 3.63) is 29.3 Å². The molecule has 4 heteroatoms. The van der Waals surface area contributed by atoms with Gasteiger partial charge in [-0.05, 0) is 55.4 Å². The lowest BCUT2D eigenvalue weighted by Crippen LogP contribution is -2.26. The van der Waals surface area contributed by atoms with Gasteiger partial charge in [0.25, 0.3) is 0 Å². The Balaban J connectivity index is 1.52. The van der Waals surface area contributed by atoms with Gasteiger partial charge >= 0.3 is 0 Å². The number of amides is 1. The Kier molecular flexibility index (Phi) is 3.92. The SMILES string of the molecule is N[C@H]1CCCc2ccc(OCCC(=O)NC3CC3)cc21. The smallest absolute Gasteiger partial charge is 0.223 e. The van der Waals surface area contributed by atoms with E-state index in [-0.39, 0.29) is 11.9 Å². The maximum absolute atomic E-state index is 11.6. The molecule has 0 unspecified atom stereocenters. The highest BCUT2D eigenvalue weighted by molar-refractivity contribution is 5.76. The van der Waals surface area contributed by atoms with E-state index in [1.54, 1.807) is 0 Å². The predicted molar refractivity (Wildman–Crippen MR) is 77.6 cm³/mol. The lowest BCUT2D eigenvalue weighted by Gasteiger charge is -2.22. The van der Waals surface area contributed by atoms with Crippen molar-refractivity contribution in [1.82, 2.24) is 5.32 Å². The number of nitrogens with one attached hydrogen (secondary N) is 1. The number of fused-ring (bicyclic) bond motifs is 1. The molecule has 1 amide bonds. The number of hydrogen-bond acceptors (Lipinski definition) is 3. The molecule has 0 heterocycles. The van der Waals surface area contributed by atoms with E-state index in [9.17, 15) is 4.79 Å². The van der Waals surface area contributed by atoms with E-state index in [0.29, 0.717) is 19.1 Å². The van der Waals surface area contributed by atoms with Crippen LogP contribution in [0.2, 0.25) is 0 Å². The van der Waals surface area contributed by atoms with Crippen LogP contribution < -0.4 is 15.8 Å². The Labute approximate surface area is 119 Å². The van der Waals surface area contributed by atoms with Crippen molar-refractivity contribution in [3.8, 4) is 5.75 Å². The van der Waals surface area contributed by atoms with Gasteiger partial charge < -0.3 is 15.8 Å². The predicted octanol–water partition coefficient (Wildman–Crippen LogP) is 2.07. The van der Waals surface area contributed by atoms with E-state index in [1.165, 1.54) is 11.1 Å². The van der Waals surface area contributed by atoms with Crippen molar-refractivity contribution in [1.29, 1.82) is 0 Å². The van der Waals surface area contributed by atoms with Crippen LogP contribution in [0.5, 0.6) is 5.75 Å². The molecule has 1 atom stereocenters. The molecule has 0 saturated heterocycles. The fraction of sp³-hybridized carbons (Fsp3) is 0.562. The molecule has 20 heavy (non-hydrogen) atoms. The molecule has 4 nitrogen and oxygen atoms in total. The number of nitrogens with two attached hydrogens (primary N) is 1. The molecular formula is C16H22N2O2. The summed E-state index contributed by atoms with van der Waals surface area (Å²) in [5.41, 5.74) is 8.67. The summed E-state index contributed by atoms with van der Waals surface area (Å²) >= 11 is 0. The van der Waals surface area contributed by atoms with Gasteiger partial charge in [-0.25, -0.2) is 0 Å². The Morgan fingerprint density at radius 3 is 3.00 bits per heavy atom. The van der Waals surface area contributed by atoms with Crippen molar-refractivity contribution in [2.75, 3.05) is 6.61 Å². The zero-order valence-electron chi connectivity index (χ0n) is 11.7. The number of ether oxygens (including phenoxy) is 1. The van der Waals surface area contributed by atoms with Crippen molar-refractivity contribution in [3.63, 3.8) is 0 Å². The minimum absolute atomic E-state index is 0.0853. The number of carbonyl (C=O) groups excluding carboxylic acids is 1. The van der Waals surface area contributed by atoms with Crippen LogP contribution in [0.1, 0.15) is 49.3 Å². The van der Waals surface area contributed by atoms with Gasteiger partial charge in [-0.2, -0.15) is 0 Å². The molecule has 1 fully saturated rings. The Hall–Kier alpha value is -1.55. The van der Waals surface area contributed by atoms with E-state index in [4.69, 9.17) is 10.5 Å². The van der Waals surface area contributed by atoms with Gasteiger partial charge in [0.15, 0.2) is 0 Å². The monoisotopic (exact) mass is 274 g/mol. The maximum Gasteiger partial charge on any atom is 0.223 e. The first-order valence-corrected chi connectivity index (χ1v) is 7.53. The van der Waals surface area contributed by atoms with Gasteiger partial charge in [0, 0.05) is 12.1 Å². The molecule has 0 radical (unpaired) electrons. The summed E-state index contributed by atoms with van der Waals surface area (Å²) in [5, 5.41) is 2.96. The average Bonchev–Trinajstić information content (AvgIpc) is 3.23. The van der Waals surface area contributed by atoms with Crippen molar-refractivity contribution in [2.24, 2.45) is 5.73 Å². The van der Waals surface area contributed by atoms with Crippen LogP contribution in [0, 0.1) is 0 Å². The van der Waals surface area contributed by atoms with E-state index in [0.717, 1.165) is 37.9 Å². The quantitative estimate of drug-likeness (QED) is 0.864. The fourth-order valence-corrected chi connectivity index (χ4v) is 2.69. The highest BCUT2D eigenvalue weighted by Crippen LogP contribution is 2.30. The number of aryl methyl sites for hydroxylation is 1. The average molecular weight is 274 g/mol. The third-order valence-electron chi connectivity index (χ3n) is 4.02. The summed E-state index contributed by atoms with van der Waals surface area (Å²) in [6, 6.07) is 6.67. The van der Waals surface area contributed by atoms with E-state index in [1.807, 2.05) is 12.1 Å². The van der Waals surface area contributed by atoms with Gasteiger partial charge in [0.1, 0.15) is 5.75 Å². The van der Waals surface area contributed by atoms with Crippen LogP contribution in [-0.2, 0) is 11.2 Å². The Bertz CT molecular complexity index is 497. The van der Waals surface area contributed by atoms with Gasteiger partial charge in [-0.1, -0.05) is 6.07 Å². The second kappa shape index (κ2) is 5.83. The number of benzene rings is 1. The normalized spacial score (nSPS) is 21.1. The number of carbonyl (C=O) groups is 1. The third kappa shape index (κ3) is 3.31. The molecule has 2 aliphatic rings. The molecule has 1 aromatic rings. The summed E-state index contributed by atoms with van der Waals surface area (Å²) in [4.78, 5) is 11.6. The Morgan fingerprint density at radius 1 is 1.35 bits per heavy atom. The van der Waals surface area contributed by atoms with Crippen LogP contribution in [-0.4, -0.2) is 18.6 Å². The minimum Gasteiger partial charge on any atom is -0.493 e. The second-order valence-electron chi connectivity index (χ2n) is 5.80. The fourth-order valence-electron chi connectivity index (χ4n) is 2.69. The first kappa shape index (κ1) is 13.4. The molecule has 0 bridgehead atoms. The number of rotatable bonds is 5. The first-order chi connectivity index (χ1) is 9.72. The van der Waals surface area contributed by atoms with Gasteiger partial charge in [-0.3, -0.25) is 4.79 Å². The number of hydrogen-bond donors (Lipinski definition) is 2. The Morgan fingerprint density at radius 2 is 2.20 bits per heavy atom. The minimum atomic E-state index is 0.0853. The summed E-state index contributed by atoms with van der Waals surface area (Å²) in [6.07, 6.45) is 5.97. The molecule has 2 aliphatic carbocycles. The van der Waals surface area contributed by atoms with Crippen LogP contribution in [0.4, 0.5) is 0 Å². The topological polar surface area (TPSA) is 64.3 Å². The highest BCUT2D eigenvalue weighted by atomic mass is 16.5. The van der Waals surface area contributed by atoms with Crippen molar-refractivity contribution < 1.29 is 9.53 Å². The molecule has 3 N–H and O–H groups in total. The lowest BCUT2D eigenvalue weighted by atomic mass is 9.88. The van der Waals surface area contributed by atoms with E-state index < -0.39 is 0 Å². The van der Waals surface area contributed by atoms with Crippen molar-refractivity contribution in [2.45, 2.75) is 50.6 Å². The standard InChI is InChI=1S/C16H22N2O2/c17-15-3-1-2-11-4-7-13(10-14(11)15)20-9-8-16(19)18-12-5-6-12/h4,7,10,12,15H,1-3,5-6,8-9,17H2,(H,18,19)/t15-/m0/s1. The molecule has 0 spiro atoms. The molecular weight excluding hydrogens is 252 g/mol. The van der Waals surface area contributed by atoms with Crippen LogP contribution in [0.3, 0.4) is 0 Å². The van der Waals surface area contributed by atoms with Crippen LogP contribution in [0.25, 0.3) is 0 Å². The van der Waals surface area contributed by atoms with Crippen LogP contribution in [0.15, 0.2) is 18.2 Å². The zero-order chi connectivity index (χ0) is 13.9. The molecule has 0 aliphatic heterocycles. The summed E-state index contributed by atoms with van der Waals surface area (Å²) in [7, 11) is 0. The van der Waals surface area contributed by atoms with Crippen molar-refractivity contribution >= 4 is 5.91 Å². The summed E-state index contributed by atoms with van der Waals surface area (Å²) in [6.45, 7) is 0.423. The van der Waals surface area contributed by atoms with E-state index >= 15 is 0 Å². The zero-order valence-corrected chi connectivity index (χ0v) is 11.7. The van der Waals surface area contributed by atoms with Crippen LogP contribution >= 0.6 is 0 Å². The second-order valence-corrected chi connectivity index (χ2v) is 5.80. The van der Waals surface area contributed by atoms with Gasteiger partial charge in [0.05, 0.1) is 13.0 Å². The maximum atomic E-state index is 11.6. The molecule has 3 rings (SSSR count). The molecule has 108 valence electrons. The molecule has 0 aromatic heterocycles. The first-order valence-electron chi connectivity index (χ1n) is 7.53. The van der Waals surface area contributed by atoms with E-state index in [2.05, 4.69) is 11.4 Å². The highest BCUT2D eigenvalue weighted by Gasteiger charge is 2.23.